The average molecular weight is 535 g/mol. The Morgan fingerprint density at radius 1 is 1.03 bits per heavy atom. The van der Waals surface area contributed by atoms with E-state index in [1.54, 1.807) is 25.3 Å². The van der Waals surface area contributed by atoms with Crippen LogP contribution in [0.2, 0.25) is 0 Å². The summed E-state index contributed by atoms with van der Waals surface area (Å²) in [5.74, 6) is 0.387. The lowest BCUT2D eigenvalue weighted by Crippen LogP contribution is -2.72. The van der Waals surface area contributed by atoms with E-state index in [2.05, 4.69) is 46.7 Å². The maximum atomic E-state index is 13.6. The first kappa shape index (κ1) is 28.6. The van der Waals surface area contributed by atoms with Gasteiger partial charge >= 0.3 is 0 Å². The SMILES string of the molecule is CCCN1C(=O)[C@H](CCCCNC(=O)c2ccccc2OC)NC(=O)C12CCN(CCc1ccccc1)CC2. The van der Waals surface area contributed by atoms with Crippen molar-refractivity contribution < 1.29 is 19.1 Å². The summed E-state index contributed by atoms with van der Waals surface area (Å²) < 4.78 is 5.26. The molecule has 210 valence electrons. The van der Waals surface area contributed by atoms with Crippen molar-refractivity contribution in [3.05, 3.63) is 65.7 Å². The maximum Gasteiger partial charge on any atom is 0.255 e. The molecule has 1 atom stereocenters. The first-order valence-electron chi connectivity index (χ1n) is 14.3. The lowest BCUT2D eigenvalue weighted by Gasteiger charge is -2.51. The molecule has 2 aromatic carbocycles. The molecule has 0 aromatic heterocycles. The van der Waals surface area contributed by atoms with Crippen LogP contribution >= 0.6 is 0 Å². The Morgan fingerprint density at radius 2 is 1.74 bits per heavy atom. The number of hydrogen-bond acceptors (Lipinski definition) is 5. The van der Waals surface area contributed by atoms with E-state index in [9.17, 15) is 14.4 Å². The van der Waals surface area contributed by atoms with E-state index < -0.39 is 11.6 Å². The number of rotatable bonds is 12. The number of hydrogen-bond donors (Lipinski definition) is 2. The fourth-order valence-electron chi connectivity index (χ4n) is 5.80. The van der Waals surface area contributed by atoms with Gasteiger partial charge in [-0.1, -0.05) is 49.4 Å². The van der Waals surface area contributed by atoms with Crippen molar-refractivity contribution in [1.82, 2.24) is 20.4 Å². The second-order valence-electron chi connectivity index (χ2n) is 10.6. The highest BCUT2D eigenvalue weighted by atomic mass is 16.5. The van der Waals surface area contributed by atoms with Gasteiger partial charge in [0.05, 0.1) is 12.7 Å². The molecule has 2 saturated heterocycles. The number of amides is 3. The Bertz CT molecular complexity index is 1110. The van der Waals surface area contributed by atoms with Crippen LogP contribution in [0, 0.1) is 0 Å². The summed E-state index contributed by atoms with van der Waals surface area (Å²) in [7, 11) is 1.54. The standard InChI is InChI=1S/C31H42N4O4/c1-3-20-35-29(37)26(14-9-10-19-32-28(36)25-13-7-8-15-27(25)39-2)33-30(38)31(35)17-22-34(23-18-31)21-16-24-11-5-4-6-12-24/h4-8,11-13,15,26H,3,9-10,14,16-23H2,1-2H3,(H,32,36)(H,33,38)/t26-/m0/s1. The molecule has 2 N–H and O–H groups in total. The van der Waals surface area contributed by atoms with Crippen molar-refractivity contribution >= 4 is 17.7 Å². The molecule has 0 radical (unpaired) electrons. The van der Waals surface area contributed by atoms with Crippen LogP contribution in [0.15, 0.2) is 54.6 Å². The molecular weight excluding hydrogens is 492 g/mol. The van der Waals surface area contributed by atoms with Crippen LogP contribution < -0.4 is 15.4 Å². The van der Waals surface area contributed by atoms with Crippen molar-refractivity contribution in [3.63, 3.8) is 0 Å². The third-order valence-corrected chi connectivity index (χ3v) is 8.06. The molecule has 1 spiro atoms. The third-order valence-electron chi connectivity index (χ3n) is 8.06. The number of carbonyl (C=O) groups excluding carboxylic acids is 3. The number of methoxy groups -OCH3 is 1. The van der Waals surface area contributed by atoms with E-state index in [1.165, 1.54) is 5.56 Å². The monoisotopic (exact) mass is 534 g/mol. The number of para-hydroxylation sites is 1. The predicted molar refractivity (Wildman–Crippen MR) is 152 cm³/mol. The smallest absolute Gasteiger partial charge is 0.255 e. The third kappa shape index (κ3) is 6.79. The van der Waals surface area contributed by atoms with Gasteiger partial charge in [-0.15, -0.1) is 0 Å². The predicted octanol–water partition coefficient (Wildman–Crippen LogP) is 3.41. The largest absolute Gasteiger partial charge is 0.496 e. The zero-order chi connectivity index (χ0) is 27.7. The molecule has 2 aliphatic rings. The van der Waals surface area contributed by atoms with Gasteiger partial charge in [-0.05, 0) is 62.6 Å². The van der Waals surface area contributed by atoms with Crippen molar-refractivity contribution in [3.8, 4) is 5.75 Å². The summed E-state index contributed by atoms with van der Waals surface area (Å²) in [5, 5.41) is 6.00. The molecule has 0 saturated carbocycles. The van der Waals surface area contributed by atoms with E-state index >= 15 is 0 Å². The number of carbonyl (C=O) groups is 3. The Balaban J connectivity index is 1.26. The van der Waals surface area contributed by atoms with Gasteiger partial charge in [0.25, 0.3) is 5.91 Å². The highest BCUT2D eigenvalue weighted by molar-refractivity contribution is 6.00. The van der Waals surface area contributed by atoms with Crippen molar-refractivity contribution in [2.75, 3.05) is 39.8 Å². The second kappa shape index (κ2) is 13.6. The van der Waals surface area contributed by atoms with Crippen molar-refractivity contribution in [2.45, 2.75) is 63.5 Å². The summed E-state index contributed by atoms with van der Waals surface area (Å²) in [6, 6.07) is 17.1. The molecule has 2 aliphatic heterocycles. The highest BCUT2D eigenvalue weighted by Gasteiger charge is 2.52. The van der Waals surface area contributed by atoms with E-state index in [1.807, 2.05) is 17.0 Å². The fraction of sp³-hybridized carbons (Fsp3) is 0.516. The summed E-state index contributed by atoms with van der Waals surface area (Å²) in [5.41, 5.74) is 1.08. The van der Waals surface area contributed by atoms with Gasteiger partial charge in [0, 0.05) is 32.7 Å². The van der Waals surface area contributed by atoms with Gasteiger partial charge in [0.2, 0.25) is 11.8 Å². The Hall–Kier alpha value is -3.39. The summed E-state index contributed by atoms with van der Waals surface area (Å²) in [4.78, 5) is 43.9. The van der Waals surface area contributed by atoms with Crippen LogP contribution in [0.25, 0.3) is 0 Å². The molecule has 0 unspecified atom stereocenters. The van der Waals surface area contributed by atoms with Gasteiger partial charge < -0.3 is 25.2 Å². The molecule has 3 amide bonds. The maximum absolute atomic E-state index is 13.6. The quantitative estimate of drug-likeness (QED) is 0.408. The van der Waals surface area contributed by atoms with Crippen LogP contribution in [0.5, 0.6) is 5.75 Å². The number of benzene rings is 2. The Kier molecular flexibility index (Phi) is 9.98. The van der Waals surface area contributed by atoms with Gasteiger partial charge in [-0.2, -0.15) is 0 Å². The first-order valence-corrected chi connectivity index (χ1v) is 14.3. The lowest BCUT2D eigenvalue weighted by atomic mass is 9.81. The fourth-order valence-corrected chi connectivity index (χ4v) is 5.80. The molecule has 2 fully saturated rings. The molecule has 8 nitrogen and oxygen atoms in total. The Morgan fingerprint density at radius 3 is 2.46 bits per heavy atom. The molecule has 8 heteroatoms. The normalized spacial score (nSPS) is 19.1. The molecule has 39 heavy (non-hydrogen) atoms. The number of likely N-dealkylation sites (tertiary alicyclic amines) is 1. The van der Waals surface area contributed by atoms with Crippen molar-refractivity contribution in [1.29, 1.82) is 0 Å². The van der Waals surface area contributed by atoms with E-state index in [0.29, 0.717) is 43.7 Å². The van der Waals surface area contributed by atoms with E-state index in [0.717, 1.165) is 45.3 Å². The minimum absolute atomic E-state index is 0.00673. The van der Waals surface area contributed by atoms with Crippen LogP contribution in [0.1, 0.15) is 61.4 Å². The molecular formula is C31H42N4O4. The minimum Gasteiger partial charge on any atom is -0.496 e. The van der Waals surface area contributed by atoms with Crippen LogP contribution in [-0.4, -0.2) is 78.9 Å². The molecule has 2 heterocycles. The molecule has 2 aromatic rings. The number of piperazine rings is 1. The zero-order valence-electron chi connectivity index (χ0n) is 23.3. The highest BCUT2D eigenvalue weighted by Crippen LogP contribution is 2.34. The summed E-state index contributed by atoms with van der Waals surface area (Å²) >= 11 is 0. The average Bonchev–Trinajstić information content (AvgIpc) is 2.97. The first-order chi connectivity index (χ1) is 19.0. The zero-order valence-corrected chi connectivity index (χ0v) is 23.3. The lowest BCUT2D eigenvalue weighted by molar-refractivity contribution is -0.161. The topological polar surface area (TPSA) is 91.0 Å². The Labute approximate surface area is 232 Å². The second-order valence-corrected chi connectivity index (χ2v) is 10.6. The number of nitrogens with zero attached hydrogens (tertiary/aromatic N) is 2. The molecule has 0 aliphatic carbocycles. The molecule has 4 rings (SSSR count). The number of ether oxygens (including phenoxy) is 1. The van der Waals surface area contributed by atoms with Crippen molar-refractivity contribution in [2.24, 2.45) is 0 Å². The number of piperidine rings is 1. The van der Waals surface area contributed by atoms with Crippen LogP contribution in [-0.2, 0) is 16.0 Å². The van der Waals surface area contributed by atoms with Gasteiger partial charge in [0.1, 0.15) is 17.3 Å². The van der Waals surface area contributed by atoms with Crippen LogP contribution in [0.3, 0.4) is 0 Å². The van der Waals surface area contributed by atoms with E-state index in [4.69, 9.17) is 4.74 Å². The van der Waals surface area contributed by atoms with E-state index in [-0.39, 0.29) is 17.7 Å². The van der Waals surface area contributed by atoms with Gasteiger partial charge in [-0.3, -0.25) is 14.4 Å². The number of unbranched alkanes of at least 4 members (excludes halogenated alkanes) is 1. The van der Waals surface area contributed by atoms with Crippen LogP contribution in [0.4, 0.5) is 0 Å². The molecule has 0 bridgehead atoms. The van der Waals surface area contributed by atoms with Gasteiger partial charge in [0.15, 0.2) is 0 Å². The summed E-state index contributed by atoms with van der Waals surface area (Å²) in [6.07, 6.45) is 5.15. The van der Waals surface area contributed by atoms with Gasteiger partial charge in [-0.25, -0.2) is 0 Å². The number of nitrogens with one attached hydrogen (secondary N) is 2. The minimum atomic E-state index is -0.741. The summed E-state index contributed by atoms with van der Waals surface area (Å²) in [6.45, 7) is 5.73.